The average molecular weight is 320 g/mol. The standard InChI is InChI=1S/C15H16N2O2S2/c16-14(19)13-10-3-1-2-4-11(10)21-15(13)17-12(18)7-9-5-6-20-8-9/h5-6,8H,1-4,7H2,(H2,16,19)(H,17,18). The van der Waals surface area contributed by atoms with Crippen LogP contribution in [0.5, 0.6) is 0 Å². The van der Waals surface area contributed by atoms with Gasteiger partial charge in [0, 0.05) is 4.88 Å². The number of rotatable bonds is 4. The molecule has 2 amide bonds. The Bertz CT molecular complexity index is 674. The predicted molar refractivity (Wildman–Crippen MR) is 86.1 cm³/mol. The average Bonchev–Trinajstić information content (AvgIpc) is 3.04. The number of aryl methyl sites for hydroxylation is 1. The highest BCUT2D eigenvalue weighted by molar-refractivity contribution is 7.17. The molecule has 2 heterocycles. The van der Waals surface area contributed by atoms with Gasteiger partial charge in [-0.15, -0.1) is 11.3 Å². The maximum absolute atomic E-state index is 12.1. The van der Waals surface area contributed by atoms with Gasteiger partial charge < -0.3 is 11.1 Å². The number of hydrogen-bond donors (Lipinski definition) is 2. The maximum atomic E-state index is 12.1. The van der Waals surface area contributed by atoms with Crippen molar-refractivity contribution >= 4 is 39.5 Å². The van der Waals surface area contributed by atoms with Gasteiger partial charge in [0.1, 0.15) is 5.00 Å². The summed E-state index contributed by atoms with van der Waals surface area (Å²) in [5.74, 6) is -0.547. The van der Waals surface area contributed by atoms with Gasteiger partial charge in [-0.3, -0.25) is 9.59 Å². The van der Waals surface area contributed by atoms with Gasteiger partial charge in [0.05, 0.1) is 12.0 Å². The molecule has 0 saturated heterocycles. The highest BCUT2D eigenvalue weighted by atomic mass is 32.1. The van der Waals surface area contributed by atoms with E-state index in [1.165, 1.54) is 16.2 Å². The Hall–Kier alpha value is -1.66. The van der Waals surface area contributed by atoms with Crippen molar-refractivity contribution in [2.75, 3.05) is 5.32 Å². The molecule has 3 N–H and O–H groups in total. The number of nitrogens with two attached hydrogens (primary N) is 1. The number of primary amides is 1. The highest BCUT2D eigenvalue weighted by Crippen LogP contribution is 2.37. The zero-order chi connectivity index (χ0) is 14.8. The Balaban J connectivity index is 1.83. The zero-order valence-electron chi connectivity index (χ0n) is 11.5. The Morgan fingerprint density at radius 3 is 2.81 bits per heavy atom. The number of carbonyl (C=O) groups excluding carboxylic acids is 2. The first-order valence-corrected chi connectivity index (χ1v) is 8.66. The van der Waals surface area contributed by atoms with Crippen molar-refractivity contribution in [2.45, 2.75) is 32.1 Å². The third-order valence-corrected chi connectivity index (χ3v) is 5.55. The number of anilines is 1. The summed E-state index contributed by atoms with van der Waals surface area (Å²) in [7, 11) is 0. The molecule has 3 rings (SSSR count). The van der Waals surface area contributed by atoms with E-state index in [0.29, 0.717) is 17.0 Å². The molecule has 2 aromatic heterocycles. The van der Waals surface area contributed by atoms with Gasteiger partial charge in [-0.1, -0.05) is 0 Å². The van der Waals surface area contributed by atoms with Crippen LogP contribution in [0.15, 0.2) is 16.8 Å². The molecule has 1 aliphatic rings. The summed E-state index contributed by atoms with van der Waals surface area (Å²) in [5.41, 5.74) is 8.07. The van der Waals surface area contributed by atoms with E-state index < -0.39 is 5.91 Å². The van der Waals surface area contributed by atoms with Gasteiger partial charge in [0.15, 0.2) is 0 Å². The van der Waals surface area contributed by atoms with Crippen LogP contribution in [0.4, 0.5) is 5.00 Å². The van der Waals surface area contributed by atoms with Crippen molar-refractivity contribution in [3.8, 4) is 0 Å². The third kappa shape index (κ3) is 3.01. The lowest BCUT2D eigenvalue weighted by Gasteiger charge is -2.11. The van der Waals surface area contributed by atoms with E-state index in [9.17, 15) is 9.59 Å². The number of hydrogen-bond acceptors (Lipinski definition) is 4. The summed E-state index contributed by atoms with van der Waals surface area (Å²) in [6.07, 6.45) is 4.38. The van der Waals surface area contributed by atoms with E-state index in [1.54, 1.807) is 11.3 Å². The van der Waals surface area contributed by atoms with E-state index >= 15 is 0 Å². The topological polar surface area (TPSA) is 72.2 Å². The Labute approximate surface area is 131 Å². The molecule has 6 heteroatoms. The first kappa shape index (κ1) is 14.3. The normalized spacial score (nSPS) is 13.7. The lowest BCUT2D eigenvalue weighted by molar-refractivity contribution is -0.115. The smallest absolute Gasteiger partial charge is 0.251 e. The highest BCUT2D eigenvalue weighted by Gasteiger charge is 2.24. The van der Waals surface area contributed by atoms with Gasteiger partial charge >= 0.3 is 0 Å². The van der Waals surface area contributed by atoms with Crippen LogP contribution in [0.3, 0.4) is 0 Å². The van der Waals surface area contributed by atoms with Crippen LogP contribution < -0.4 is 11.1 Å². The summed E-state index contributed by atoms with van der Waals surface area (Å²) in [6.45, 7) is 0. The molecule has 0 saturated carbocycles. The minimum atomic E-state index is -0.444. The van der Waals surface area contributed by atoms with Crippen LogP contribution >= 0.6 is 22.7 Å². The van der Waals surface area contributed by atoms with Crippen molar-refractivity contribution in [1.29, 1.82) is 0 Å². The van der Waals surface area contributed by atoms with Crippen LogP contribution in [-0.2, 0) is 24.1 Å². The van der Waals surface area contributed by atoms with Gasteiger partial charge in [-0.25, -0.2) is 0 Å². The molecule has 0 aliphatic heterocycles. The second kappa shape index (κ2) is 5.99. The number of nitrogens with one attached hydrogen (secondary N) is 1. The van der Waals surface area contributed by atoms with Crippen LogP contribution in [-0.4, -0.2) is 11.8 Å². The third-order valence-electron chi connectivity index (χ3n) is 3.62. The molecule has 0 atom stereocenters. The molecule has 0 radical (unpaired) electrons. The van der Waals surface area contributed by atoms with E-state index in [2.05, 4.69) is 5.32 Å². The summed E-state index contributed by atoms with van der Waals surface area (Å²) in [5, 5.41) is 7.39. The molecule has 0 bridgehead atoms. The fourth-order valence-electron chi connectivity index (χ4n) is 2.66. The second-order valence-electron chi connectivity index (χ2n) is 5.14. The fraction of sp³-hybridized carbons (Fsp3) is 0.333. The number of thiophene rings is 2. The molecule has 0 aromatic carbocycles. The molecule has 2 aromatic rings. The zero-order valence-corrected chi connectivity index (χ0v) is 13.1. The number of amides is 2. The molecule has 0 spiro atoms. The SMILES string of the molecule is NC(=O)c1c(NC(=O)Cc2ccsc2)sc2c1CCCC2. The van der Waals surface area contributed by atoms with E-state index in [1.807, 2.05) is 16.8 Å². The summed E-state index contributed by atoms with van der Waals surface area (Å²) in [4.78, 5) is 25.0. The molecular weight excluding hydrogens is 304 g/mol. The molecule has 0 fully saturated rings. The molecule has 1 aliphatic carbocycles. The second-order valence-corrected chi connectivity index (χ2v) is 7.02. The molecular formula is C15H16N2O2S2. The van der Waals surface area contributed by atoms with Crippen molar-refractivity contribution in [3.63, 3.8) is 0 Å². The van der Waals surface area contributed by atoms with Crippen molar-refractivity contribution in [1.82, 2.24) is 0 Å². The predicted octanol–water partition coefficient (Wildman–Crippen LogP) is 2.97. The first-order chi connectivity index (χ1) is 10.1. The van der Waals surface area contributed by atoms with Gasteiger partial charge in [0.2, 0.25) is 5.91 Å². The molecule has 21 heavy (non-hydrogen) atoms. The quantitative estimate of drug-likeness (QED) is 0.909. The largest absolute Gasteiger partial charge is 0.365 e. The van der Waals surface area contributed by atoms with Crippen LogP contribution in [0.25, 0.3) is 0 Å². The monoisotopic (exact) mass is 320 g/mol. The van der Waals surface area contributed by atoms with E-state index in [-0.39, 0.29) is 5.91 Å². The lowest BCUT2D eigenvalue weighted by atomic mass is 9.95. The van der Waals surface area contributed by atoms with Crippen molar-refractivity contribution in [2.24, 2.45) is 5.73 Å². The van der Waals surface area contributed by atoms with Crippen molar-refractivity contribution in [3.05, 3.63) is 38.4 Å². The van der Waals surface area contributed by atoms with Gasteiger partial charge in [0.25, 0.3) is 5.91 Å². The van der Waals surface area contributed by atoms with Gasteiger partial charge in [-0.05, 0) is 53.6 Å². The summed E-state index contributed by atoms with van der Waals surface area (Å²) in [6, 6.07) is 1.93. The molecule has 4 nitrogen and oxygen atoms in total. The minimum Gasteiger partial charge on any atom is -0.365 e. The van der Waals surface area contributed by atoms with E-state index in [4.69, 9.17) is 5.73 Å². The summed E-state index contributed by atoms with van der Waals surface area (Å²) >= 11 is 3.07. The van der Waals surface area contributed by atoms with Crippen molar-refractivity contribution < 1.29 is 9.59 Å². The maximum Gasteiger partial charge on any atom is 0.251 e. The Kier molecular flexibility index (Phi) is 4.07. The number of carbonyl (C=O) groups is 2. The Morgan fingerprint density at radius 2 is 2.10 bits per heavy atom. The van der Waals surface area contributed by atoms with Crippen LogP contribution in [0.1, 0.15) is 39.2 Å². The first-order valence-electron chi connectivity index (χ1n) is 6.90. The molecule has 0 unspecified atom stereocenters. The Morgan fingerprint density at radius 1 is 1.29 bits per heavy atom. The lowest BCUT2D eigenvalue weighted by Crippen LogP contribution is -2.19. The fourth-order valence-corrected chi connectivity index (χ4v) is 4.64. The van der Waals surface area contributed by atoms with Gasteiger partial charge in [-0.2, -0.15) is 11.3 Å². The minimum absolute atomic E-state index is 0.102. The van der Waals surface area contributed by atoms with Crippen LogP contribution in [0, 0.1) is 0 Å². The molecule has 110 valence electrons. The number of fused-ring (bicyclic) bond motifs is 1. The van der Waals surface area contributed by atoms with E-state index in [0.717, 1.165) is 36.8 Å². The summed E-state index contributed by atoms with van der Waals surface area (Å²) < 4.78 is 0. The van der Waals surface area contributed by atoms with Crippen LogP contribution in [0.2, 0.25) is 0 Å².